The molecule has 0 bridgehead atoms. The van der Waals surface area contributed by atoms with Gasteiger partial charge in [0.15, 0.2) is 11.6 Å². The largest absolute Gasteiger partial charge is 0.397 e. The van der Waals surface area contributed by atoms with Crippen LogP contribution >= 0.6 is 0 Å². The summed E-state index contributed by atoms with van der Waals surface area (Å²) >= 11 is 0. The zero-order chi connectivity index (χ0) is 18.7. The number of ether oxygens (including phenoxy) is 1. The maximum Gasteiger partial charge on any atom is 0.161 e. The van der Waals surface area contributed by atoms with Crippen molar-refractivity contribution in [3.05, 3.63) is 23.8 Å². The van der Waals surface area contributed by atoms with Gasteiger partial charge in [-0.15, -0.1) is 0 Å². The average molecular weight is 367 g/mol. The van der Waals surface area contributed by atoms with Crippen molar-refractivity contribution in [2.24, 2.45) is 0 Å². The molecular formula is C20H31F2N3O. The lowest BCUT2D eigenvalue weighted by molar-refractivity contribution is -0.0242. The van der Waals surface area contributed by atoms with Crippen LogP contribution in [0.15, 0.2) is 12.1 Å². The smallest absolute Gasteiger partial charge is 0.161 e. The lowest BCUT2D eigenvalue weighted by Gasteiger charge is -2.48. The third kappa shape index (κ3) is 4.29. The van der Waals surface area contributed by atoms with Crippen LogP contribution < -0.4 is 11.1 Å². The normalized spacial score (nSPS) is 28.2. The molecule has 4 nitrogen and oxygen atoms in total. The predicted molar refractivity (Wildman–Crippen MR) is 101 cm³/mol. The van der Waals surface area contributed by atoms with Crippen LogP contribution in [-0.4, -0.2) is 42.3 Å². The molecule has 1 aliphatic heterocycles. The van der Waals surface area contributed by atoms with E-state index in [2.05, 4.69) is 24.1 Å². The van der Waals surface area contributed by atoms with Crippen molar-refractivity contribution in [1.82, 2.24) is 4.90 Å². The van der Waals surface area contributed by atoms with Crippen molar-refractivity contribution < 1.29 is 13.5 Å². The molecule has 146 valence electrons. The summed E-state index contributed by atoms with van der Waals surface area (Å²) in [6.45, 7) is 7.25. The van der Waals surface area contributed by atoms with Gasteiger partial charge < -0.3 is 15.8 Å². The Labute approximate surface area is 155 Å². The van der Waals surface area contributed by atoms with Crippen LogP contribution in [0.25, 0.3) is 0 Å². The number of halogens is 2. The summed E-state index contributed by atoms with van der Waals surface area (Å²) in [6, 6.07) is 2.44. The van der Waals surface area contributed by atoms with Crippen molar-refractivity contribution in [3.63, 3.8) is 0 Å². The van der Waals surface area contributed by atoms with Gasteiger partial charge in [-0.1, -0.05) is 0 Å². The number of nitrogen functional groups attached to an aromatic ring is 1. The number of benzene rings is 1. The lowest BCUT2D eigenvalue weighted by Crippen LogP contribution is -2.53. The second-order valence-corrected chi connectivity index (χ2v) is 7.91. The summed E-state index contributed by atoms with van der Waals surface area (Å²) in [5.74, 6) is -1.77. The molecule has 26 heavy (non-hydrogen) atoms. The highest BCUT2D eigenvalue weighted by Gasteiger charge is 2.38. The van der Waals surface area contributed by atoms with E-state index in [0.29, 0.717) is 11.8 Å². The maximum absolute atomic E-state index is 13.5. The number of nitrogens with one attached hydrogen (secondary N) is 1. The minimum Gasteiger partial charge on any atom is -0.397 e. The Bertz CT molecular complexity index is 609. The highest BCUT2D eigenvalue weighted by Crippen LogP contribution is 2.36. The van der Waals surface area contributed by atoms with E-state index in [1.165, 1.54) is 12.8 Å². The summed E-state index contributed by atoms with van der Waals surface area (Å²) in [6.07, 6.45) is 6.98. The SMILES string of the molecule is CCO[C@H]1CC[C@](C)(N2CCC(Nc3cc(F)c(F)cc3N)CC2)CC1. The summed E-state index contributed by atoms with van der Waals surface area (Å²) in [5, 5.41) is 3.30. The second-order valence-electron chi connectivity index (χ2n) is 7.91. The Morgan fingerprint density at radius 1 is 1.15 bits per heavy atom. The summed E-state index contributed by atoms with van der Waals surface area (Å²) < 4.78 is 32.5. The predicted octanol–water partition coefficient (Wildman–Crippen LogP) is 4.16. The standard InChI is InChI=1S/C20H31F2N3O/c1-3-26-15-4-8-20(2,9-5-15)25-10-6-14(7-11-25)24-19-13-17(22)16(21)12-18(19)23/h12-15,24H,3-11,23H2,1-2H3/t15-,20-. The first-order chi connectivity index (χ1) is 12.4. The fraction of sp³-hybridized carbons (Fsp3) is 0.700. The molecule has 1 aliphatic carbocycles. The fourth-order valence-electron chi connectivity index (χ4n) is 4.40. The molecule has 1 saturated heterocycles. The molecule has 1 heterocycles. The van der Waals surface area contributed by atoms with Crippen LogP contribution in [0.4, 0.5) is 20.2 Å². The first kappa shape index (κ1) is 19.4. The Morgan fingerprint density at radius 3 is 2.38 bits per heavy atom. The molecule has 0 spiro atoms. The number of piperidine rings is 1. The zero-order valence-corrected chi connectivity index (χ0v) is 15.9. The molecule has 3 N–H and O–H groups in total. The van der Waals surface area contributed by atoms with Crippen molar-refractivity contribution in [3.8, 4) is 0 Å². The zero-order valence-electron chi connectivity index (χ0n) is 15.9. The van der Waals surface area contributed by atoms with Crippen LogP contribution in [0.3, 0.4) is 0 Å². The number of rotatable bonds is 5. The Kier molecular flexibility index (Phi) is 6.03. The third-order valence-electron chi connectivity index (χ3n) is 6.12. The van der Waals surface area contributed by atoms with Gasteiger partial charge in [-0.05, 0) is 52.4 Å². The molecule has 6 heteroatoms. The van der Waals surface area contributed by atoms with Crippen molar-refractivity contribution in [1.29, 1.82) is 0 Å². The lowest BCUT2D eigenvalue weighted by atomic mass is 9.79. The molecule has 0 atom stereocenters. The number of nitrogens with zero attached hydrogens (tertiary/aromatic N) is 1. The molecule has 2 fully saturated rings. The summed E-state index contributed by atoms with van der Waals surface area (Å²) in [5.41, 5.74) is 6.82. The van der Waals surface area contributed by atoms with Crippen molar-refractivity contribution >= 4 is 11.4 Å². The van der Waals surface area contributed by atoms with E-state index < -0.39 is 11.6 Å². The van der Waals surface area contributed by atoms with E-state index in [4.69, 9.17) is 10.5 Å². The van der Waals surface area contributed by atoms with Crippen LogP contribution in [0, 0.1) is 11.6 Å². The Morgan fingerprint density at radius 2 is 1.77 bits per heavy atom. The maximum atomic E-state index is 13.5. The first-order valence-electron chi connectivity index (χ1n) is 9.79. The molecule has 0 amide bonds. The molecule has 2 aliphatic rings. The number of hydrogen-bond donors (Lipinski definition) is 2. The first-order valence-corrected chi connectivity index (χ1v) is 9.79. The van der Waals surface area contributed by atoms with Gasteiger partial charge in [-0.3, -0.25) is 4.90 Å². The van der Waals surface area contributed by atoms with E-state index >= 15 is 0 Å². The van der Waals surface area contributed by atoms with Gasteiger partial charge in [-0.25, -0.2) is 8.78 Å². The van der Waals surface area contributed by atoms with E-state index in [9.17, 15) is 8.78 Å². The topological polar surface area (TPSA) is 50.5 Å². The van der Waals surface area contributed by atoms with Gasteiger partial charge in [0.05, 0.1) is 17.5 Å². The summed E-state index contributed by atoms with van der Waals surface area (Å²) in [4.78, 5) is 2.60. The molecule has 3 rings (SSSR count). The van der Waals surface area contributed by atoms with E-state index in [1.54, 1.807) is 0 Å². The number of nitrogens with two attached hydrogens (primary N) is 1. The number of likely N-dealkylation sites (tertiary alicyclic amines) is 1. The highest BCUT2D eigenvalue weighted by atomic mass is 19.2. The molecule has 0 aromatic heterocycles. The van der Waals surface area contributed by atoms with E-state index in [-0.39, 0.29) is 17.3 Å². The van der Waals surface area contributed by atoms with Gasteiger partial charge in [0.2, 0.25) is 0 Å². The Balaban J connectivity index is 1.52. The van der Waals surface area contributed by atoms with E-state index in [1.807, 2.05) is 0 Å². The molecular weight excluding hydrogens is 336 g/mol. The number of hydrogen-bond acceptors (Lipinski definition) is 4. The van der Waals surface area contributed by atoms with Crippen molar-refractivity contribution in [2.45, 2.75) is 70.1 Å². The van der Waals surface area contributed by atoms with Gasteiger partial charge >= 0.3 is 0 Å². The minimum atomic E-state index is -0.904. The van der Waals surface area contributed by atoms with Crippen LogP contribution in [-0.2, 0) is 4.74 Å². The molecule has 0 unspecified atom stereocenters. The third-order valence-corrected chi connectivity index (χ3v) is 6.12. The minimum absolute atomic E-state index is 0.238. The van der Waals surface area contributed by atoms with Crippen molar-refractivity contribution in [2.75, 3.05) is 30.7 Å². The second kappa shape index (κ2) is 8.09. The number of anilines is 2. The van der Waals surface area contributed by atoms with Gasteiger partial charge in [0.1, 0.15) is 0 Å². The molecule has 1 aromatic carbocycles. The molecule has 1 saturated carbocycles. The van der Waals surface area contributed by atoms with Crippen LogP contribution in [0.1, 0.15) is 52.4 Å². The van der Waals surface area contributed by atoms with Gasteiger partial charge in [0, 0.05) is 43.4 Å². The Hall–Kier alpha value is -1.40. The highest BCUT2D eigenvalue weighted by molar-refractivity contribution is 5.66. The van der Waals surface area contributed by atoms with E-state index in [0.717, 1.165) is 57.5 Å². The average Bonchev–Trinajstić information content (AvgIpc) is 2.62. The van der Waals surface area contributed by atoms with Gasteiger partial charge in [-0.2, -0.15) is 0 Å². The fourth-order valence-corrected chi connectivity index (χ4v) is 4.40. The molecule has 0 radical (unpaired) electrons. The van der Waals surface area contributed by atoms with Gasteiger partial charge in [0.25, 0.3) is 0 Å². The monoisotopic (exact) mass is 367 g/mol. The summed E-state index contributed by atoms with van der Waals surface area (Å²) in [7, 11) is 0. The van der Waals surface area contributed by atoms with Crippen LogP contribution in [0.5, 0.6) is 0 Å². The van der Waals surface area contributed by atoms with Crippen LogP contribution in [0.2, 0.25) is 0 Å². The quantitative estimate of drug-likeness (QED) is 0.767. The molecule has 1 aromatic rings.